The van der Waals surface area contributed by atoms with Gasteiger partial charge >= 0.3 is 0 Å². The highest BCUT2D eigenvalue weighted by Gasteiger charge is 2.25. The van der Waals surface area contributed by atoms with Crippen LogP contribution in [0.25, 0.3) is 0 Å². The van der Waals surface area contributed by atoms with Crippen molar-refractivity contribution in [1.29, 1.82) is 0 Å². The third kappa shape index (κ3) is 7.81. The molecule has 0 aliphatic carbocycles. The fraction of sp³-hybridized carbons (Fsp3) is 0.682. The Morgan fingerprint density at radius 1 is 1.10 bits per heavy atom. The molecule has 1 aromatic carbocycles. The molecule has 0 amide bonds. The lowest BCUT2D eigenvalue weighted by molar-refractivity contribution is -0.0174. The molecule has 0 radical (unpaired) electrons. The first kappa shape index (κ1) is 26.2. The van der Waals surface area contributed by atoms with Gasteiger partial charge in [0.2, 0.25) is 0 Å². The van der Waals surface area contributed by atoms with Crippen LogP contribution in [0.1, 0.15) is 25.5 Å². The summed E-state index contributed by atoms with van der Waals surface area (Å²) in [6.45, 7) is 11.6. The Kier molecular flexibility index (Phi) is 11.4. The molecule has 2 aliphatic heterocycles. The summed E-state index contributed by atoms with van der Waals surface area (Å²) in [5.74, 6) is 0.569. The minimum absolute atomic E-state index is 0. The number of halogens is 2. The van der Waals surface area contributed by atoms with Crippen LogP contribution in [0.4, 0.5) is 4.39 Å². The zero-order valence-corrected chi connectivity index (χ0v) is 21.2. The average Bonchev–Trinajstić information content (AvgIpc) is 2.78. The highest BCUT2D eigenvalue weighted by molar-refractivity contribution is 14.0. The molecule has 0 saturated carbocycles. The third-order valence-electron chi connectivity index (χ3n) is 5.98. The molecule has 0 aromatic heterocycles. The van der Waals surface area contributed by atoms with E-state index in [1.54, 1.807) is 7.05 Å². The van der Waals surface area contributed by atoms with Crippen LogP contribution >= 0.6 is 24.0 Å². The Labute approximate surface area is 202 Å². The smallest absolute Gasteiger partial charge is 0.191 e. The predicted molar refractivity (Wildman–Crippen MR) is 133 cm³/mol. The van der Waals surface area contributed by atoms with Gasteiger partial charge in [-0.2, -0.15) is 0 Å². The Bertz CT molecular complexity index is 672. The molecule has 2 fully saturated rings. The molecule has 3 atom stereocenters. The number of aliphatic imine (C=N–C) groups is 1. The van der Waals surface area contributed by atoms with E-state index in [0.29, 0.717) is 18.6 Å². The van der Waals surface area contributed by atoms with E-state index in [-0.39, 0.29) is 35.8 Å². The lowest BCUT2D eigenvalue weighted by Crippen LogP contribution is -2.53. The maximum atomic E-state index is 13.4. The number of hydrogen-bond donors (Lipinski definition) is 2. The van der Waals surface area contributed by atoms with E-state index in [9.17, 15) is 4.39 Å². The topological polar surface area (TPSA) is 61.4 Å². The lowest BCUT2D eigenvalue weighted by Gasteiger charge is -2.38. The Morgan fingerprint density at radius 2 is 1.74 bits per heavy atom. The number of rotatable bonds is 7. The van der Waals surface area contributed by atoms with Crippen molar-refractivity contribution in [2.75, 3.05) is 66.2 Å². The van der Waals surface area contributed by atoms with Gasteiger partial charge in [-0.1, -0.05) is 12.1 Å². The quantitative estimate of drug-likeness (QED) is 0.309. The number of nitrogens with zero attached hydrogens (tertiary/aromatic N) is 3. The van der Waals surface area contributed by atoms with Gasteiger partial charge in [0.25, 0.3) is 0 Å². The van der Waals surface area contributed by atoms with Gasteiger partial charge < -0.3 is 20.1 Å². The SMILES string of the molecule is CN=C(NCC(c1ccc(F)cc1)N1CCOCC1)NCC(C)N1CCOCC1C.I. The summed E-state index contributed by atoms with van der Waals surface area (Å²) in [6.07, 6.45) is 0. The van der Waals surface area contributed by atoms with Gasteiger partial charge in [-0.05, 0) is 31.5 Å². The molecule has 9 heteroatoms. The van der Waals surface area contributed by atoms with Crippen LogP contribution in [0.5, 0.6) is 0 Å². The number of nitrogens with one attached hydrogen (secondary N) is 2. The van der Waals surface area contributed by atoms with Crippen molar-refractivity contribution >= 4 is 29.9 Å². The van der Waals surface area contributed by atoms with Gasteiger partial charge in [-0.3, -0.25) is 14.8 Å². The van der Waals surface area contributed by atoms with Gasteiger partial charge in [-0.25, -0.2) is 4.39 Å². The molecular formula is C22H37FIN5O2. The van der Waals surface area contributed by atoms with Crippen LogP contribution in [0.2, 0.25) is 0 Å². The predicted octanol–water partition coefficient (Wildman–Crippen LogP) is 2.09. The van der Waals surface area contributed by atoms with E-state index < -0.39 is 0 Å². The van der Waals surface area contributed by atoms with Crippen molar-refractivity contribution in [3.05, 3.63) is 35.6 Å². The van der Waals surface area contributed by atoms with E-state index in [1.165, 1.54) is 12.1 Å². The van der Waals surface area contributed by atoms with E-state index in [1.807, 2.05) is 12.1 Å². The molecule has 3 rings (SSSR count). The molecule has 0 spiro atoms. The van der Waals surface area contributed by atoms with Crippen molar-refractivity contribution < 1.29 is 13.9 Å². The summed E-state index contributed by atoms with van der Waals surface area (Å²) in [4.78, 5) is 9.25. The van der Waals surface area contributed by atoms with Crippen molar-refractivity contribution in [3.63, 3.8) is 0 Å². The highest BCUT2D eigenvalue weighted by Crippen LogP contribution is 2.21. The summed E-state index contributed by atoms with van der Waals surface area (Å²) >= 11 is 0. The number of ether oxygens (including phenoxy) is 2. The minimum Gasteiger partial charge on any atom is -0.379 e. The van der Waals surface area contributed by atoms with Crippen molar-refractivity contribution in [2.24, 2.45) is 4.99 Å². The number of hydrogen-bond acceptors (Lipinski definition) is 5. The maximum Gasteiger partial charge on any atom is 0.191 e. The standard InChI is InChI=1S/C22H36FN5O2.HI/c1-17(28-10-13-30-16-18(28)2)14-25-22(24-3)26-15-21(27-8-11-29-12-9-27)19-4-6-20(23)7-5-19;/h4-7,17-18,21H,8-16H2,1-3H3,(H2,24,25,26);1H. The van der Waals surface area contributed by atoms with Crippen LogP contribution in [0, 0.1) is 5.82 Å². The average molecular weight is 549 g/mol. The fourth-order valence-corrected chi connectivity index (χ4v) is 4.20. The maximum absolute atomic E-state index is 13.4. The molecule has 0 bridgehead atoms. The monoisotopic (exact) mass is 549 g/mol. The molecule has 2 N–H and O–H groups in total. The molecular weight excluding hydrogens is 512 g/mol. The molecule has 176 valence electrons. The zero-order chi connectivity index (χ0) is 21.3. The number of guanidine groups is 1. The normalized spacial score (nSPS) is 23.0. The highest BCUT2D eigenvalue weighted by atomic mass is 127. The van der Waals surface area contributed by atoms with Gasteiger partial charge in [0.1, 0.15) is 5.82 Å². The Balaban J connectivity index is 0.00000341. The second-order valence-corrected chi connectivity index (χ2v) is 8.06. The van der Waals surface area contributed by atoms with E-state index in [2.05, 4.69) is 39.3 Å². The van der Waals surface area contributed by atoms with Gasteiger partial charge in [0.15, 0.2) is 5.96 Å². The van der Waals surface area contributed by atoms with E-state index in [4.69, 9.17) is 9.47 Å². The summed E-state index contributed by atoms with van der Waals surface area (Å²) in [5.41, 5.74) is 1.09. The van der Waals surface area contributed by atoms with Crippen molar-refractivity contribution in [2.45, 2.75) is 32.0 Å². The molecule has 31 heavy (non-hydrogen) atoms. The molecule has 2 saturated heterocycles. The minimum atomic E-state index is -0.212. The van der Waals surface area contributed by atoms with Crippen molar-refractivity contribution in [1.82, 2.24) is 20.4 Å². The first-order valence-corrected chi connectivity index (χ1v) is 10.9. The largest absolute Gasteiger partial charge is 0.379 e. The second-order valence-electron chi connectivity index (χ2n) is 8.06. The van der Waals surface area contributed by atoms with Gasteiger partial charge in [0.05, 0.1) is 32.5 Å². The van der Waals surface area contributed by atoms with E-state index in [0.717, 1.165) is 64.1 Å². The lowest BCUT2D eigenvalue weighted by atomic mass is 10.0. The molecule has 3 unspecified atom stereocenters. The number of benzene rings is 1. The van der Waals surface area contributed by atoms with Gasteiger partial charge in [-0.15, -0.1) is 24.0 Å². The molecule has 2 heterocycles. The van der Waals surface area contributed by atoms with Crippen molar-refractivity contribution in [3.8, 4) is 0 Å². The first-order chi connectivity index (χ1) is 14.6. The van der Waals surface area contributed by atoms with Crippen LogP contribution in [-0.2, 0) is 9.47 Å². The van der Waals surface area contributed by atoms with Crippen LogP contribution in [0.15, 0.2) is 29.3 Å². The Morgan fingerprint density at radius 3 is 2.39 bits per heavy atom. The summed E-state index contributed by atoms with van der Waals surface area (Å²) in [6, 6.07) is 7.74. The zero-order valence-electron chi connectivity index (χ0n) is 18.8. The molecule has 7 nitrogen and oxygen atoms in total. The number of morpholine rings is 2. The molecule has 2 aliphatic rings. The van der Waals surface area contributed by atoms with Crippen LogP contribution in [0.3, 0.4) is 0 Å². The molecule has 1 aromatic rings. The van der Waals surface area contributed by atoms with Gasteiger partial charge in [0, 0.05) is 51.9 Å². The van der Waals surface area contributed by atoms with E-state index >= 15 is 0 Å². The second kappa shape index (κ2) is 13.5. The van der Waals surface area contributed by atoms with Crippen LogP contribution in [-0.4, -0.2) is 94.0 Å². The summed E-state index contributed by atoms with van der Waals surface area (Å²) < 4.78 is 24.5. The van der Waals surface area contributed by atoms with Crippen LogP contribution < -0.4 is 10.6 Å². The summed E-state index contributed by atoms with van der Waals surface area (Å²) in [7, 11) is 1.79. The Hall–Kier alpha value is -1.01. The third-order valence-corrected chi connectivity index (χ3v) is 5.98. The first-order valence-electron chi connectivity index (χ1n) is 10.9. The summed E-state index contributed by atoms with van der Waals surface area (Å²) in [5, 5.41) is 6.93. The fourth-order valence-electron chi connectivity index (χ4n) is 4.20.